The first-order chi connectivity index (χ1) is 7.75. The van der Waals surface area contributed by atoms with Gasteiger partial charge in [0.05, 0.1) is 0 Å². The van der Waals surface area contributed by atoms with Crippen molar-refractivity contribution < 1.29 is 4.79 Å². The van der Waals surface area contributed by atoms with Crippen LogP contribution in [0, 0.1) is 6.07 Å². The number of carbonyl (C=O) groups is 1. The summed E-state index contributed by atoms with van der Waals surface area (Å²) in [6.45, 7) is 0. The van der Waals surface area contributed by atoms with Gasteiger partial charge in [-0.2, -0.15) is 0 Å². The minimum Gasteiger partial charge on any atom is -0.322 e. The van der Waals surface area contributed by atoms with Crippen LogP contribution >= 0.6 is 11.6 Å². The van der Waals surface area contributed by atoms with Crippen LogP contribution in [0.3, 0.4) is 0 Å². The molecular formula is C13H9ClNO. The Labute approximate surface area is 98.9 Å². The first-order valence-corrected chi connectivity index (χ1v) is 5.16. The summed E-state index contributed by atoms with van der Waals surface area (Å²) in [4.78, 5) is 11.8. The van der Waals surface area contributed by atoms with Crippen molar-refractivity contribution in [2.75, 3.05) is 5.32 Å². The second-order valence-corrected chi connectivity index (χ2v) is 3.69. The largest absolute Gasteiger partial charge is 0.322 e. The minimum absolute atomic E-state index is 0.150. The van der Waals surface area contributed by atoms with Crippen molar-refractivity contribution in [1.82, 2.24) is 0 Å². The lowest BCUT2D eigenvalue weighted by Gasteiger charge is -2.04. The molecule has 2 aromatic rings. The van der Waals surface area contributed by atoms with Gasteiger partial charge in [0.25, 0.3) is 5.91 Å². The van der Waals surface area contributed by atoms with Crippen molar-refractivity contribution in [3.63, 3.8) is 0 Å². The van der Waals surface area contributed by atoms with E-state index in [4.69, 9.17) is 11.6 Å². The lowest BCUT2D eigenvalue weighted by molar-refractivity contribution is 0.102. The number of anilines is 1. The quantitative estimate of drug-likeness (QED) is 0.842. The van der Waals surface area contributed by atoms with E-state index in [0.717, 1.165) is 5.69 Å². The fourth-order valence-electron chi connectivity index (χ4n) is 1.27. The van der Waals surface area contributed by atoms with E-state index in [-0.39, 0.29) is 5.91 Å². The molecule has 0 aromatic heterocycles. The molecule has 79 valence electrons. The van der Waals surface area contributed by atoms with Gasteiger partial charge in [0, 0.05) is 16.3 Å². The molecule has 0 bridgehead atoms. The van der Waals surface area contributed by atoms with Crippen LogP contribution in [0.1, 0.15) is 10.4 Å². The topological polar surface area (TPSA) is 29.1 Å². The standard InChI is InChI=1S/C13H9ClNO/c14-11-8-6-10(7-9-11)13(16)15-12-4-2-1-3-5-12/h2-9H,(H,15,16). The highest BCUT2D eigenvalue weighted by Crippen LogP contribution is 2.12. The molecular weight excluding hydrogens is 222 g/mol. The third-order valence-corrected chi connectivity index (χ3v) is 2.33. The van der Waals surface area contributed by atoms with Crippen LogP contribution in [0.2, 0.25) is 5.02 Å². The molecule has 1 radical (unpaired) electrons. The van der Waals surface area contributed by atoms with Gasteiger partial charge in [0.1, 0.15) is 0 Å². The first kappa shape index (κ1) is 10.7. The van der Waals surface area contributed by atoms with Crippen LogP contribution in [0.5, 0.6) is 0 Å². The fourth-order valence-corrected chi connectivity index (χ4v) is 1.40. The molecule has 2 rings (SSSR count). The van der Waals surface area contributed by atoms with Gasteiger partial charge >= 0.3 is 0 Å². The number of carbonyl (C=O) groups excluding carboxylic acids is 1. The van der Waals surface area contributed by atoms with E-state index in [1.165, 1.54) is 0 Å². The molecule has 1 amide bonds. The summed E-state index contributed by atoms with van der Waals surface area (Å²) in [6, 6.07) is 16.7. The highest BCUT2D eigenvalue weighted by Gasteiger charge is 2.04. The predicted octanol–water partition coefficient (Wildman–Crippen LogP) is 3.39. The molecule has 0 fully saturated rings. The van der Waals surface area contributed by atoms with Crippen LogP contribution < -0.4 is 5.32 Å². The van der Waals surface area contributed by atoms with E-state index in [1.807, 2.05) is 0 Å². The Hall–Kier alpha value is -1.80. The summed E-state index contributed by atoms with van der Waals surface area (Å²) < 4.78 is 0. The van der Waals surface area contributed by atoms with Crippen LogP contribution in [0.15, 0.2) is 48.5 Å². The Balaban J connectivity index is 2.12. The van der Waals surface area contributed by atoms with E-state index in [0.29, 0.717) is 10.6 Å². The minimum atomic E-state index is -0.150. The molecule has 3 heteroatoms. The van der Waals surface area contributed by atoms with E-state index in [2.05, 4.69) is 11.4 Å². The van der Waals surface area contributed by atoms with E-state index >= 15 is 0 Å². The smallest absolute Gasteiger partial charge is 0.255 e. The van der Waals surface area contributed by atoms with Gasteiger partial charge < -0.3 is 5.32 Å². The average molecular weight is 231 g/mol. The summed E-state index contributed by atoms with van der Waals surface area (Å²) in [5.74, 6) is -0.150. The fraction of sp³-hybridized carbons (Fsp3) is 0. The summed E-state index contributed by atoms with van der Waals surface area (Å²) in [6.07, 6.45) is 0. The third kappa shape index (κ3) is 2.61. The molecule has 0 aliphatic carbocycles. The summed E-state index contributed by atoms with van der Waals surface area (Å²) >= 11 is 5.74. The average Bonchev–Trinajstić information content (AvgIpc) is 2.31. The first-order valence-electron chi connectivity index (χ1n) is 4.79. The SMILES string of the molecule is O=C(Nc1cc[c]cc1)c1ccc(Cl)cc1. The normalized spacial score (nSPS) is 9.81. The lowest BCUT2D eigenvalue weighted by Crippen LogP contribution is -2.11. The van der Waals surface area contributed by atoms with Crippen molar-refractivity contribution in [1.29, 1.82) is 0 Å². The van der Waals surface area contributed by atoms with Gasteiger partial charge in [-0.05, 0) is 42.5 Å². The van der Waals surface area contributed by atoms with Gasteiger partial charge in [-0.25, -0.2) is 0 Å². The maximum atomic E-state index is 11.8. The molecule has 0 atom stereocenters. The zero-order valence-corrected chi connectivity index (χ0v) is 9.16. The molecule has 2 aromatic carbocycles. The molecule has 0 aliphatic heterocycles. The second-order valence-electron chi connectivity index (χ2n) is 3.25. The number of hydrogen-bond donors (Lipinski definition) is 1. The van der Waals surface area contributed by atoms with Gasteiger partial charge in [0.15, 0.2) is 0 Å². The van der Waals surface area contributed by atoms with E-state index < -0.39 is 0 Å². The molecule has 16 heavy (non-hydrogen) atoms. The Morgan fingerprint density at radius 3 is 2.31 bits per heavy atom. The molecule has 0 aliphatic rings. The molecule has 0 saturated carbocycles. The third-order valence-electron chi connectivity index (χ3n) is 2.08. The number of halogens is 1. The predicted molar refractivity (Wildman–Crippen MR) is 64.7 cm³/mol. The molecule has 1 N–H and O–H groups in total. The maximum absolute atomic E-state index is 11.8. The summed E-state index contributed by atoms with van der Waals surface area (Å²) in [5, 5.41) is 3.39. The van der Waals surface area contributed by atoms with Crippen molar-refractivity contribution in [3.8, 4) is 0 Å². The number of benzene rings is 2. The van der Waals surface area contributed by atoms with Crippen LogP contribution in [-0.2, 0) is 0 Å². The summed E-state index contributed by atoms with van der Waals surface area (Å²) in [7, 11) is 0. The highest BCUT2D eigenvalue weighted by atomic mass is 35.5. The molecule has 0 saturated heterocycles. The molecule has 0 unspecified atom stereocenters. The van der Waals surface area contributed by atoms with E-state index in [9.17, 15) is 4.79 Å². The van der Waals surface area contributed by atoms with E-state index in [1.54, 1.807) is 48.5 Å². The monoisotopic (exact) mass is 230 g/mol. The van der Waals surface area contributed by atoms with Gasteiger partial charge in [-0.15, -0.1) is 0 Å². The summed E-state index contributed by atoms with van der Waals surface area (Å²) in [5.41, 5.74) is 1.33. The van der Waals surface area contributed by atoms with Gasteiger partial charge in [0.2, 0.25) is 0 Å². The van der Waals surface area contributed by atoms with Crippen molar-refractivity contribution in [2.24, 2.45) is 0 Å². The molecule has 0 heterocycles. The molecule has 2 nitrogen and oxygen atoms in total. The number of nitrogens with one attached hydrogen (secondary N) is 1. The van der Waals surface area contributed by atoms with Gasteiger partial charge in [-0.1, -0.05) is 23.7 Å². The number of amides is 1. The van der Waals surface area contributed by atoms with Crippen molar-refractivity contribution in [3.05, 3.63) is 65.2 Å². The zero-order chi connectivity index (χ0) is 11.4. The Bertz CT molecular complexity index is 479. The number of rotatable bonds is 2. The number of hydrogen-bond acceptors (Lipinski definition) is 1. The zero-order valence-electron chi connectivity index (χ0n) is 8.41. The Morgan fingerprint density at radius 1 is 1.06 bits per heavy atom. The van der Waals surface area contributed by atoms with Crippen molar-refractivity contribution >= 4 is 23.2 Å². The molecule has 0 spiro atoms. The maximum Gasteiger partial charge on any atom is 0.255 e. The van der Waals surface area contributed by atoms with Crippen LogP contribution in [0.4, 0.5) is 5.69 Å². The lowest BCUT2D eigenvalue weighted by atomic mass is 10.2. The second kappa shape index (κ2) is 4.81. The van der Waals surface area contributed by atoms with Crippen LogP contribution in [-0.4, -0.2) is 5.91 Å². The van der Waals surface area contributed by atoms with Crippen molar-refractivity contribution in [2.45, 2.75) is 0 Å². The Morgan fingerprint density at radius 2 is 1.69 bits per heavy atom. The van der Waals surface area contributed by atoms with Crippen LogP contribution in [0.25, 0.3) is 0 Å². The Kier molecular flexibility index (Phi) is 3.22. The highest BCUT2D eigenvalue weighted by molar-refractivity contribution is 6.30. The van der Waals surface area contributed by atoms with Gasteiger partial charge in [-0.3, -0.25) is 4.79 Å².